The van der Waals surface area contributed by atoms with Crippen LogP contribution in [-0.4, -0.2) is 15.9 Å². The van der Waals surface area contributed by atoms with Gasteiger partial charge in [0, 0.05) is 12.1 Å². The zero-order valence-electron chi connectivity index (χ0n) is 9.40. The molecule has 17 heavy (non-hydrogen) atoms. The minimum atomic E-state index is 0.0594. The topological polar surface area (TPSA) is 54.9 Å². The Morgan fingerprint density at radius 2 is 2.06 bits per heavy atom. The number of hydrogen-bond acceptors (Lipinski definition) is 3. The van der Waals surface area contributed by atoms with Gasteiger partial charge >= 0.3 is 0 Å². The fourth-order valence-corrected chi connectivity index (χ4v) is 3.11. The lowest BCUT2D eigenvalue weighted by Crippen LogP contribution is -2.17. The fraction of sp³-hybridized carbons (Fsp3) is 0.583. The minimum Gasteiger partial charge on any atom is -0.294 e. The lowest BCUT2D eigenvalue weighted by molar-refractivity contribution is -0.117. The van der Waals surface area contributed by atoms with E-state index in [4.69, 9.17) is 11.6 Å². The van der Waals surface area contributed by atoms with Gasteiger partial charge in [-0.15, -0.1) is 0 Å². The number of nitrogens with one attached hydrogen (secondary N) is 1. The first kappa shape index (κ1) is 11.0. The van der Waals surface area contributed by atoms with Gasteiger partial charge in [0.15, 0.2) is 0 Å². The third-order valence-electron chi connectivity index (χ3n) is 3.82. The largest absolute Gasteiger partial charge is 0.294 e. The van der Waals surface area contributed by atoms with E-state index in [0.29, 0.717) is 22.9 Å². The number of anilines is 1. The molecule has 0 aliphatic heterocycles. The van der Waals surface area contributed by atoms with Crippen LogP contribution < -0.4 is 5.32 Å². The van der Waals surface area contributed by atoms with Crippen LogP contribution >= 0.6 is 11.6 Å². The molecule has 1 N–H and O–H groups in total. The van der Waals surface area contributed by atoms with Crippen molar-refractivity contribution in [1.29, 1.82) is 0 Å². The number of nitrogens with zero attached hydrogens (tertiary/aromatic N) is 2. The number of amides is 1. The first-order chi connectivity index (χ1) is 8.25. The molecular formula is C12H14ClN3O. The molecule has 2 aliphatic carbocycles. The smallest absolute Gasteiger partial charge is 0.230 e. The predicted molar refractivity (Wildman–Crippen MR) is 64.6 cm³/mol. The van der Waals surface area contributed by atoms with Crippen LogP contribution in [0, 0.1) is 17.8 Å². The highest BCUT2D eigenvalue weighted by atomic mass is 35.5. The number of halogens is 1. The average molecular weight is 252 g/mol. The molecule has 1 aromatic rings. The molecule has 2 aliphatic rings. The zero-order valence-corrected chi connectivity index (χ0v) is 10.2. The standard InChI is InChI=1S/C12H14ClN3O/c13-9-5-6-14-12(15-9)16-11(17)10-7-3-1-2-4-8(7)10/h5-8,10H,1-4H2,(H,14,15,16,17). The van der Waals surface area contributed by atoms with Crippen molar-refractivity contribution in [3.05, 3.63) is 17.4 Å². The summed E-state index contributed by atoms with van der Waals surface area (Å²) in [6, 6.07) is 1.59. The van der Waals surface area contributed by atoms with Gasteiger partial charge in [0.05, 0.1) is 0 Å². The number of hydrogen-bond donors (Lipinski definition) is 1. The van der Waals surface area contributed by atoms with Crippen LogP contribution in [0.3, 0.4) is 0 Å². The maximum atomic E-state index is 12.0. The maximum Gasteiger partial charge on any atom is 0.230 e. The van der Waals surface area contributed by atoms with Gasteiger partial charge in [-0.25, -0.2) is 9.97 Å². The van der Waals surface area contributed by atoms with E-state index in [1.807, 2.05) is 0 Å². The molecule has 0 spiro atoms. The van der Waals surface area contributed by atoms with Gasteiger partial charge in [0.25, 0.3) is 0 Å². The van der Waals surface area contributed by atoms with Gasteiger partial charge in [-0.3, -0.25) is 10.1 Å². The van der Waals surface area contributed by atoms with Crippen molar-refractivity contribution in [3.63, 3.8) is 0 Å². The SMILES string of the molecule is O=C(Nc1nccc(Cl)n1)C1C2CCCCC21. The van der Waals surface area contributed by atoms with Crippen molar-refractivity contribution in [2.75, 3.05) is 5.32 Å². The zero-order chi connectivity index (χ0) is 11.8. The monoisotopic (exact) mass is 251 g/mol. The Hall–Kier alpha value is -1.16. The summed E-state index contributed by atoms with van der Waals surface area (Å²) in [5.74, 6) is 1.75. The Balaban J connectivity index is 1.64. The Morgan fingerprint density at radius 3 is 2.71 bits per heavy atom. The molecule has 4 nitrogen and oxygen atoms in total. The number of fused-ring (bicyclic) bond motifs is 1. The third kappa shape index (κ3) is 2.14. The molecule has 3 rings (SSSR count). The molecule has 1 heterocycles. The van der Waals surface area contributed by atoms with Crippen LogP contribution in [0.25, 0.3) is 0 Å². The highest BCUT2D eigenvalue weighted by molar-refractivity contribution is 6.29. The summed E-state index contributed by atoms with van der Waals surface area (Å²) in [6.45, 7) is 0. The van der Waals surface area contributed by atoms with Crippen molar-refractivity contribution >= 4 is 23.5 Å². The van der Waals surface area contributed by atoms with Crippen LogP contribution in [0.5, 0.6) is 0 Å². The van der Waals surface area contributed by atoms with Gasteiger partial charge in [-0.05, 0) is 30.7 Å². The van der Waals surface area contributed by atoms with Crippen molar-refractivity contribution < 1.29 is 4.79 Å². The Morgan fingerprint density at radius 1 is 1.35 bits per heavy atom. The maximum absolute atomic E-state index is 12.0. The van der Waals surface area contributed by atoms with Gasteiger partial charge in [-0.1, -0.05) is 24.4 Å². The molecule has 2 atom stereocenters. The molecule has 2 unspecified atom stereocenters. The summed E-state index contributed by atoms with van der Waals surface area (Å²) in [7, 11) is 0. The summed E-state index contributed by atoms with van der Waals surface area (Å²) in [5, 5.41) is 3.11. The van der Waals surface area contributed by atoms with Crippen molar-refractivity contribution in [3.8, 4) is 0 Å². The summed E-state index contributed by atoms with van der Waals surface area (Å²) in [6.07, 6.45) is 6.46. The number of rotatable bonds is 2. The van der Waals surface area contributed by atoms with Crippen LogP contribution in [-0.2, 0) is 4.79 Å². The van der Waals surface area contributed by atoms with Gasteiger partial charge < -0.3 is 0 Å². The van der Waals surface area contributed by atoms with Crippen molar-refractivity contribution in [2.24, 2.45) is 17.8 Å². The van der Waals surface area contributed by atoms with Gasteiger partial charge in [0.2, 0.25) is 11.9 Å². The first-order valence-corrected chi connectivity index (χ1v) is 6.43. The summed E-state index contributed by atoms with van der Waals surface area (Å²) in [5.41, 5.74) is 0. The van der Waals surface area contributed by atoms with Crippen LogP contribution in [0.1, 0.15) is 25.7 Å². The van der Waals surface area contributed by atoms with E-state index < -0.39 is 0 Å². The summed E-state index contributed by atoms with van der Waals surface area (Å²) >= 11 is 5.74. The second kappa shape index (κ2) is 4.26. The number of carbonyl (C=O) groups is 1. The molecule has 1 amide bonds. The molecule has 0 saturated heterocycles. The normalized spacial score (nSPS) is 30.5. The van der Waals surface area contributed by atoms with E-state index in [2.05, 4.69) is 15.3 Å². The van der Waals surface area contributed by atoms with E-state index in [-0.39, 0.29) is 11.8 Å². The van der Waals surface area contributed by atoms with E-state index in [9.17, 15) is 4.79 Å². The average Bonchev–Trinajstić information content (AvgIpc) is 3.03. The molecule has 1 aromatic heterocycles. The molecule has 90 valence electrons. The molecule has 0 radical (unpaired) electrons. The summed E-state index contributed by atoms with van der Waals surface area (Å²) < 4.78 is 0. The molecule has 0 bridgehead atoms. The first-order valence-electron chi connectivity index (χ1n) is 6.05. The molecule has 2 saturated carbocycles. The van der Waals surface area contributed by atoms with E-state index in [1.54, 1.807) is 12.3 Å². The quantitative estimate of drug-likeness (QED) is 0.822. The second-order valence-electron chi connectivity index (χ2n) is 4.83. The Bertz CT molecular complexity index is 439. The fourth-order valence-electron chi connectivity index (χ4n) is 2.97. The predicted octanol–water partition coefficient (Wildman–Crippen LogP) is 2.50. The van der Waals surface area contributed by atoms with Crippen LogP contribution in [0.4, 0.5) is 5.95 Å². The lowest BCUT2D eigenvalue weighted by Gasteiger charge is -2.04. The van der Waals surface area contributed by atoms with Crippen LogP contribution in [0.2, 0.25) is 5.15 Å². The second-order valence-corrected chi connectivity index (χ2v) is 5.22. The highest BCUT2D eigenvalue weighted by Gasteiger charge is 2.54. The van der Waals surface area contributed by atoms with Gasteiger partial charge in [0.1, 0.15) is 5.15 Å². The lowest BCUT2D eigenvalue weighted by atomic mass is 10.0. The highest BCUT2D eigenvalue weighted by Crippen LogP contribution is 2.55. The van der Waals surface area contributed by atoms with E-state index in [1.165, 1.54) is 25.7 Å². The third-order valence-corrected chi connectivity index (χ3v) is 4.03. The van der Waals surface area contributed by atoms with Crippen molar-refractivity contribution in [2.45, 2.75) is 25.7 Å². The molecule has 0 aromatic carbocycles. The number of aromatic nitrogens is 2. The minimum absolute atomic E-state index is 0.0594. The Labute approximate surface area is 105 Å². The molecule has 5 heteroatoms. The van der Waals surface area contributed by atoms with E-state index in [0.717, 1.165) is 0 Å². The number of carbonyl (C=O) groups excluding carboxylic acids is 1. The van der Waals surface area contributed by atoms with E-state index >= 15 is 0 Å². The Kier molecular flexibility index (Phi) is 2.74. The van der Waals surface area contributed by atoms with Crippen molar-refractivity contribution in [1.82, 2.24) is 9.97 Å². The van der Waals surface area contributed by atoms with Crippen LogP contribution in [0.15, 0.2) is 12.3 Å². The van der Waals surface area contributed by atoms with Gasteiger partial charge in [-0.2, -0.15) is 0 Å². The molecule has 2 fully saturated rings. The summed E-state index contributed by atoms with van der Waals surface area (Å²) in [4.78, 5) is 20.0. The molecular weight excluding hydrogens is 238 g/mol.